The number of rotatable bonds is 13. The third-order valence-electron chi connectivity index (χ3n) is 7.20. The second kappa shape index (κ2) is 16.0. The molecule has 0 bridgehead atoms. The summed E-state index contributed by atoms with van der Waals surface area (Å²) in [6.45, 7) is 3.39. The summed E-state index contributed by atoms with van der Waals surface area (Å²) in [5.41, 5.74) is 2.29. The van der Waals surface area contributed by atoms with Crippen molar-refractivity contribution in [2.24, 2.45) is 0 Å². The first-order valence-corrected chi connectivity index (χ1v) is 17.4. The zero-order valence-corrected chi connectivity index (χ0v) is 29.1. The molecule has 1 N–H and O–H groups in total. The quantitative estimate of drug-likeness (QED) is 0.152. The summed E-state index contributed by atoms with van der Waals surface area (Å²) in [5.74, 6) is -1.03. The fourth-order valence-corrected chi connectivity index (χ4v) is 7.18. The summed E-state index contributed by atoms with van der Waals surface area (Å²) in [5, 5.41) is 3.97. The summed E-state index contributed by atoms with van der Waals surface area (Å²) in [6.07, 6.45) is 0.847. The van der Waals surface area contributed by atoms with Crippen molar-refractivity contribution in [2.75, 3.05) is 17.4 Å². The van der Waals surface area contributed by atoms with Crippen LogP contribution in [0, 0.1) is 6.92 Å². The minimum atomic E-state index is -4.31. The number of sulfonamides is 1. The van der Waals surface area contributed by atoms with Crippen molar-refractivity contribution in [3.63, 3.8) is 0 Å². The number of hydrogen-bond donors (Lipinski definition) is 1. The van der Waals surface area contributed by atoms with E-state index in [1.165, 1.54) is 35.2 Å². The molecule has 2 amide bonds. The molecule has 0 radical (unpaired) electrons. The standard InChI is InChI=1S/C34H33Cl4N3O4S/c1-3-15-39-34(43)32(16-24-7-5-4-6-8-24)40(21-25-11-12-26(35)20-31(25)38)33(42)22-41(29-18-27(36)17-28(37)19-29)46(44,45)30-13-9-23(2)10-14-30/h4-14,17-20,32H,3,15-16,21-22H2,1-2H3,(H,39,43). The number of nitrogens with one attached hydrogen (secondary N) is 1. The van der Waals surface area contributed by atoms with Gasteiger partial charge in [-0.1, -0.05) is 107 Å². The van der Waals surface area contributed by atoms with Gasteiger partial charge in [-0.05, 0) is 66.9 Å². The highest BCUT2D eigenvalue weighted by Crippen LogP contribution is 2.31. The fourth-order valence-electron chi connectivity index (χ4n) is 4.80. The largest absolute Gasteiger partial charge is 0.354 e. The van der Waals surface area contributed by atoms with Crippen molar-refractivity contribution in [1.82, 2.24) is 10.2 Å². The van der Waals surface area contributed by atoms with Crippen LogP contribution in [0.1, 0.15) is 30.0 Å². The van der Waals surface area contributed by atoms with Gasteiger partial charge < -0.3 is 10.2 Å². The second-order valence-electron chi connectivity index (χ2n) is 10.7. The van der Waals surface area contributed by atoms with Gasteiger partial charge in [-0.2, -0.15) is 0 Å². The van der Waals surface area contributed by atoms with Gasteiger partial charge in [0.1, 0.15) is 12.6 Å². The zero-order chi connectivity index (χ0) is 33.4. The minimum absolute atomic E-state index is 0.0316. The molecule has 4 rings (SSSR count). The van der Waals surface area contributed by atoms with E-state index in [4.69, 9.17) is 46.4 Å². The number of anilines is 1. The molecule has 0 aliphatic carbocycles. The fraction of sp³-hybridized carbons (Fsp3) is 0.235. The topological polar surface area (TPSA) is 86.8 Å². The van der Waals surface area contributed by atoms with Crippen LogP contribution in [-0.2, 0) is 32.6 Å². The molecule has 7 nitrogen and oxygen atoms in total. The van der Waals surface area contributed by atoms with Gasteiger partial charge >= 0.3 is 0 Å². The monoisotopic (exact) mass is 719 g/mol. The van der Waals surface area contributed by atoms with Crippen LogP contribution in [0.3, 0.4) is 0 Å². The van der Waals surface area contributed by atoms with Crippen molar-refractivity contribution < 1.29 is 18.0 Å². The number of nitrogens with zero attached hydrogens (tertiary/aromatic N) is 2. The molecule has 0 aromatic heterocycles. The van der Waals surface area contributed by atoms with Crippen molar-refractivity contribution in [1.29, 1.82) is 0 Å². The Bertz CT molecular complexity index is 1770. The van der Waals surface area contributed by atoms with Crippen molar-refractivity contribution in [3.8, 4) is 0 Å². The molecule has 12 heteroatoms. The highest BCUT2D eigenvalue weighted by Gasteiger charge is 2.35. The Morgan fingerprint density at radius 3 is 2.09 bits per heavy atom. The van der Waals surface area contributed by atoms with Gasteiger partial charge in [0.15, 0.2) is 0 Å². The molecule has 0 heterocycles. The Morgan fingerprint density at radius 2 is 1.48 bits per heavy atom. The van der Waals surface area contributed by atoms with E-state index in [1.54, 1.807) is 30.3 Å². The van der Waals surface area contributed by atoms with E-state index in [2.05, 4.69) is 5.32 Å². The lowest BCUT2D eigenvalue weighted by Crippen LogP contribution is -2.53. The van der Waals surface area contributed by atoms with Crippen molar-refractivity contribution in [3.05, 3.63) is 128 Å². The van der Waals surface area contributed by atoms with Gasteiger partial charge in [0.25, 0.3) is 10.0 Å². The molecule has 0 fully saturated rings. The predicted octanol–water partition coefficient (Wildman–Crippen LogP) is 7.97. The molecule has 0 spiro atoms. The molecular formula is C34H33Cl4N3O4S. The van der Waals surface area contributed by atoms with Crippen LogP contribution in [0.25, 0.3) is 0 Å². The number of halogens is 4. The van der Waals surface area contributed by atoms with Crippen LogP contribution in [0.15, 0.2) is 95.9 Å². The summed E-state index contributed by atoms with van der Waals surface area (Å²) in [4.78, 5) is 29.6. The van der Waals surface area contributed by atoms with Gasteiger partial charge in [0.05, 0.1) is 10.6 Å². The van der Waals surface area contributed by atoms with Crippen LogP contribution in [0.4, 0.5) is 5.69 Å². The first kappa shape index (κ1) is 35.6. The SMILES string of the molecule is CCCNC(=O)C(Cc1ccccc1)N(Cc1ccc(Cl)cc1Cl)C(=O)CN(c1cc(Cl)cc(Cl)c1)S(=O)(=O)c1ccc(C)cc1. The molecule has 0 aliphatic rings. The number of hydrogen-bond acceptors (Lipinski definition) is 4. The van der Waals surface area contributed by atoms with E-state index in [-0.39, 0.29) is 39.5 Å². The Balaban J connectivity index is 1.84. The summed E-state index contributed by atoms with van der Waals surface area (Å²) in [6, 6.07) is 23.7. The lowest BCUT2D eigenvalue weighted by molar-refractivity contribution is -0.140. The molecule has 242 valence electrons. The van der Waals surface area contributed by atoms with E-state index in [0.717, 1.165) is 15.4 Å². The highest BCUT2D eigenvalue weighted by molar-refractivity contribution is 7.92. The van der Waals surface area contributed by atoms with Crippen molar-refractivity contribution in [2.45, 2.75) is 44.2 Å². The van der Waals surface area contributed by atoms with Gasteiger partial charge in [-0.3, -0.25) is 13.9 Å². The number of carbonyl (C=O) groups is 2. The predicted molar refractivity (Wildman–Crippen MR) is 186 cm³/mol. The normalized spacial score (nSPS) is 12.0. The average Bonchev–Trinajstić information content (AvgIpc) is 3.01. The average molecular weight is 722 g/mol. The summed E-state index contributed by atoms with van der Waals surface area (Å²) >= 11 is 25.3. The van der Waals surface area contributed by atoms with E-state index in [9.17, 15) is 18.0 Å². The van der Waals surface area contributed by atoms with Crippen LogP contribution >= 0.6 is 46.4 Å². The first-order valence-electron chi connectivity index (χ1n) is 14.5. The first-order chi connectivity index (χ1) is 21.9. The highest BCUT2D eigenvalue weighted by atomic mass is 35.5. The molecular weight excluding hydrogens is 688 g/mol. The maximum Gasteiger partial charge on any atom is 0.264 e. The molecule has 4 aromatic carbocycles. The summed E-state index contributed by atoms with van der Waals surface area (Å²) in [7, 11) is -4.31. The van der Waals surface area contributed by atoms with E-state index in [1.807, 2.05) is 44.2 Å². The zero-order valence-electron chi connectivity index (χ0n) is 25.2. The van der Waals surface area contributed by atoms with Crippen LogP contribution in [-0.4, -0.2) is 44.3 Å². The summed E-state index contributed by atoms with van der Waals surface area (Å²) < 4.78 is 29.3. The number of amides is 2. The molecule has 4 aromatic rings. The minimum Gasteiger partial charge on any atom is -0.354 e. The maximum atomic E-state index is 14.5. The van der Waals surface area contributed by atoms with Gasteiger partial charge in [-0.15, -0.1) is 0 Å². The van der Waals surface area contributed by atoms with E-state index < -0.39 is 28.5 Å². The second-order valence-corrected chi connectivity index (χ2v) is 14.3. The molecule has 0 saturated carbocycles. The Labute approximate surface area is 290 Å². The van der Waals surface area contributed by atoms with E-state index in [0.29, 0.717) is 28.6 Å². The molecule has 1 unspecified atom stereocenters. The smallest absolute Gasteiger partial charge is 0.264 e. The lowest BCUT2D eigenvalue weighted by Gasteiger charge is -2.34. The molecule has 1 atom stereocenters. The molecule has 0 aliphatic heterocycles. The molecule has 46 heavy (non-hydrogen) atoms. The Kier molecular flexibility index (Phi) is 12.4. The van der Waals surface area contributed by atoms with E-state index >= 15 is 0 Å². The third-order valence-corrected chi connectivity index (χ3v) is 10.0. The number of benzene rings is 4. The van der Waals surface area contributed by atoms with Gasteiger partial charge in [0, 0.05) is 39.6 Å². The van der Waals surface area contributed by atoms with Crippen LogP contribution < -0.4 is 9.62 Å². The number of aryl methyl sites for hydroxylation is 1. The lowest BCUT2D eigenvalue weighted by atomic mass is 10.0. The van der Waals surface area contributed by atoms with Crippen molar-refractivity contribution >= 4 is 73.9 Å². The molecule has 0 saturated heterocycles. The van der Waals surface area contributed by atoms with Gasteiger partial charge in [0.2, 0.25) is 11.8 Å². The van der Waals surface area contributed by atoms with Gasteiger partial charge in [-0.25, -0.2) is 8.42 Å². The Morgan fingerprint density at radius 1 is 0.826 bits per heavy atom. The number of carbonyl (C=O) groups excluding carboxylic acids is 2. The van der Waals surface area contributed by atoms with Crippen LogP contribution in [0.5, 0.6) is 0 Å². The Hall–Kier alpha value is -3.27. The maximum absolute atomic E-state index is 14.5. The van der Waals surface area contributed by atoms with Crippen LogP contribution in [0.2, 0.25) is 20.1 Å². The third kappa shape index (κ3) is 9.17.